The van der Waals surface area contributed by atoms with E-state index in [2.05, 4.69) is 17.1 Å². The van der Waals surface area contributed by atoms with Gasteiger partial charge in [-0.2, -0.15) is 0 Å². The van der Waals surface area contributed by atoms with E-state index in [1.54, 1.807) is 0 Å². The number of nitrogens with zero attached hydrogens (tertiary/aromatic N) is 1. The summed E-state index contributed by atoms with van der Waals surface area (Å²) in [6.45, 7) is 7.48. The SMILES string of the molecule is CC(CCO)CNC1CN2CCC1CC2. The second kappa shape index (κ2) is 5.28. The Bertz CT molecular complexity index is 190. The maximum Gasteiger partial charge on any atom is 0.0434 e. The molecule has 3 rings (SSSR count). The largest absolute Gasteiger partial charge is 0.396 e. The van der Waals surface area contributed by atoms with Crippen LogP contribution >= 0.6 is 0 Å². The molecule has 0 amide bonds. The van der Waals surface area contributed by atoms with Crippen molar-refractivity contribution in [2.45, 2.75) is 32.2 Å². The van der Waals surface area contributed by atoms with Gasteiger partial charge in [0.2, 0.25) is 0 Å². The number of fused-ring (bicyclic) bond motifs is 3. The lowest BCUT2D eigenvalue weighted by atomic mass is 9.84. The molecule has 2 unspecified atom stereocenters. The van der Waals surface area contributed by atoms with Crippen LogP contribution in [-0.2, 0) is 0 Å². The molecule has 3 aliphatic rings. The Hall–Kier alpha value is -0.120. The first-order valence-corrected chi connectivity index (χ1v) is 6.36. The molecule has 3 aliphatic heterocycles. The fraction of sp³-hybridized carbons (Fsp3) is 1.00. The topological polar surface area (TPSA) is 35.5 Å². The molecule has 2 atom stereocenters. The zero-order valence-corrected chi connectivity index (χ0v) is 9.78. The molecule has 0 radical (unpaired) electrons. The number of piperidine rings is 3. The first-order valence-electron chi connectivity index (χ1n) is 6.36. The van der Waals surface area contributed by atoms with Gasteiger partial charge in [0.1, 0.15) is 0 Å². The van der Waals surface area contributed by atoms with Gasteiger partial charge in [0.15, 0.2) is 0 Å². The summed E-state index contributed by atoms with van der Waals surface area (Å²) in [5, 5.41) is 12.5. The van der Waals surface area contributed by atoms with Gasteiger partial charge in [-0.1, -0.05) is 6.92 Å². The molecule has 0 aromatic rings. The van der Waals surface area contributed by atoms with Crippen LogP contribution in [0.1, 0.15) is 26.2 Å². The predicted octanol–water partition coefficient (Wildman–Crippen LogP) is 0.689. The molecule has 3 nitrogen and oxygen atoms in total. The molecule has 0 aromatic heterocycles. The minimum atomic E-state index is 0.322. The number of nitrogens with one attached hydrogen (secondary N) is 1. The average Bonchev–Trinajstić information content (AvgIpc) is 2.28. The number of hydrogen-bond donors (Lipinski definition) is 2. The maximum absolute atomic E-state index is 8.84. The van der Waals surface area contributed by atoms with Gasteiger partial charge < -0.3 is 15.3 Å². The molecule has 0 saturated carbocycles. The van der Waals surface area contributed by atoms with Crippen LogP contribution < -0.4 is 5.32 Å². The number of aliphatic hydroxyl groups excluding tert-OH is 1. The summed E-state index contributed by atoms with van der Waals surface area (Å²) in [6.07, 6.45) is 3.69. The first-order chi connectivity index (χ1) is 7.29. The Morgan fingerprint density at radius 2 is 2.13 bits per heavy atom. The van der Waals surface area contributed by atoms with Crippen molar-refractivity contribution in [1.29, 1.82) is 0 Å². The molecule has 0 aromatic carbocycles. The van der Waals surface area contributed by atoms with Crippen molar-refractivity contribution in [3.05, 3.63) is 0 Å². The van der Waals surface area contributed by atoms with E-state index in [-0.39, 0.29) is 0 Å². The van der Waals surface area contributed by atoms with Gasteiger partial charge in [-0.15, -0.1) is 0 Å². The van der Waals surface area contributed by atoms with E-state index in [4.69, 9.17) is 5.11 Å². The quantitative estimate of drug-likeness (QED) is 0.704. The number of rotatable bonds is 5. The minimum Gasteiger partial charge on any atom is -0.396 e. The Morgan fingerprint density at radius 1 is 1.40 bits per heavy atom. The van der Waals surface area contributed by atoms with Crippen LogP contribution in [0.25, 0.3) is 0 Å². The number of aliphatic hydroxyl groups is 1. The van der Waals surface area contributed by atoms with Crippen molar-refractivity contribution in [1.82, 2.24) is 10.2 Å². The van der Waals surface area contributed by atoms with Crippen LogP contribution in [0.4, 0.5) is 0 Å². The summed E-state index contributed by atoms with van der Waals surface area (Å²) < 4.78 is 0. The molecule has 2 bridgehead atoms. The zero-order valence-electron chi connectivity index (χ0n) is 9.78. The Morgan fingerprint density at radius 3 is 2.67 bits per heavy atom. The molecule has 2 N–H and O–H groups in total. The van der Waals surface area contributed by atoms with Crippen molar-refractivity contribution in [3.8, 4) is 0 Å². The third-order valence-corrected chi connectivity index (χ3v) is 4.01. The van der Waals surface area contributed by atoms with Gasteiger partial charge in [-0.05, 0) is 50.7 Å². The van der Waals surface area contributed by atoms with E-state index in [0.717, 1.165) is 18.9 Å². The van der Waals surface area contributed by atoms with Crippen molar-refractivity contribution in [3.63, 3.8) is 0 Å². The Balaban J connectivity index is 1.71. The van der Waals surface area contributed by atoms with Crippen LogP contribution in [0, 0.1) is 11.8 Å². The summed E-state index contributed by atoms with van der Waals surface area (Å²) in [6, 6.07) is 0.716. The normalized spacial score (nSPS) is 36.8. The van der Waals surface area contributed by atoms with Crippen molar-refractivity contribution < 1.29 is 5.11 Å². The second-order valence-corrected chi connectivity index (χ2v) is 5.27. The molecule has 15 heavy (non-hydrogen) atoms. The van der Waals surface area contributed by atoms with Crippen molar-refractivity contribution >= 4 is 0 Å². The zero-order chi connectivity index (χ0) is 10.7. The Kier molecular flexibility index (Phi) is 4.00. The van der Waals surface area contributed by atoms with Gasteiger partial charge in [0.25, 0.3) is 0 Å². The van der Waals surface area contributed by atoms with Gasteiger partial charge in [0.05, 0.1) is 0 Å². The lowest BCUT2D eigenvalue weighted by molar-refractivity contribution is 0.0705. The van der Waals surface area contributed by atoms with Gasteiger partial charge in [0, 0.05) is 19.2 Å². The minimum absolute atomic E-state index is 0.322. The molecular weight excluding hydrogens is 188 g/mol. The summed E-state index contributed by atoms with van der Waals surface area (Å²) >= 11 is 0. The highest BCUT2D eigenvalue weighted by atomic mass is 16.3. The fourth-order valence-electron chi connectivity index (χ4n) is 2.87. The number of hydrogen-bond acceptors (Lipinski definition) is 3. The summed E-state index contributed by atoms with van der Waals surface area (Å²) in [4.78, 5) is 2.58. The summed E-state index contributed by atoms with van der Waals surface area (Å²) in [5.41, 5.74) is 0. The van der Waals surface area contributed by atoms with E-state index in [1.807, 2.05) is 0 Å². The standard InChI is InChI=1S/C12H24N2O/c1-10(4-7-15)8-13-12-9-14-5-2-11(12)3-6-14/h10-13,15H,2-9H2,1H3. The van der Waals surface area contributed by atoms with Crippen LogP contribution in [0.2, 0.25) is 0 Å². The predicted molar refractivity (Wildman–Crippen MR) is 61.8 cm³/mol. The van der Waals surface area contributed by atoms with Crippen molar-refractivity contribution in [2.75, 3.05) is 32.8 Å². The van der Waals surface area contributed by atoms with E-state index in [0.29, 0.717) is 18.6 Å². The second-order valence-electron chi connectivity index (χ2n) is 5.27. The van der Waals surface area contributed by atoms with Crippen LogP contribution in [0.3, 0.4) is 0 Å². The van der Waals surface area contributed by atoms with Gasteiger partial charge in [-0.25, -0.2) is 0 Å². The molecule has 0 aliphatic carbocycles. The van der Waals surface area contributed by atoms with Crippen molar-refractivity contribution in [2.24, 2.45) is 11.8 Å². The van der Waals surface area contributed by atoms with E-state index in [1.165, 1.54) is 32.5 Å². The molecule has 3 heterocycles. The monoisotopic (exact) mass is 212 g/mol. The smallest absolute Gasteiger partial charge is 0.0434 e. The lowest BCUT2D eigenvalue weighted by Crippen LogP contribution is -2.56. The average molecular weight is 212 g/mol. The lowest BCUT2D eigenvalue weighted by Gasteiger charge is -2.45. The molecule has 0 spiro atoms. The Labute approximate surface area is 92.8 Å². The molecule has 3 fully saturated rings. The van der Waals surface area contributed by atoms with Crippen LogP contribution in [0.15, 0.2) is 0 Å². The van der Waals surface area contributed by atoms with Gasteiger partial charge >= 0.3 is 0 Å². The molecule has 3 heteroatoms. The van der Waals surface area contributed by atoms with E-state index < -0.39 is 0 Å². The van der Waals surface area contributed by atoms with Crippen LogP contribution in [-0.4, -0.2) is 48.8 Å². The van der Waals surface area contributed by atoms with Gasteiger partial charge in [-0.3, -0.25) is 0 Å². The fourth-order valence-corrected chi connectivity index (χ4v) is 2.87. The maximum atomic E-state index is 8.84. The highest BCUT2D eigenvalue weighted by Crippen LogP contribution is 2.27. The van der Waals surface area contributed by atoms with E-state index >= 15 is 0 Å². The molecular formula is C12H24N2O. The third kappa shape index (κ3) is 2.92. The first kappa shape index (κ1) is 11.4. The molecule has 3 saturated heterocycles. The third-order valence-electron chi connectivity index (χ3n) is 4.01. The van der Waals surface area contributed by atoms with Crippen LogP contribution in [0.5, 0.6) is 0 Å². The summed E-state index contributed by atoms with van der Waals surface area (Å²) in [5.74, 6) is 1.52. The highest BCUT2D eigenvalue weighted by molar-refractivity contribution is 4.90. The highest BCUT2D eigenvalue weighted by Gasteiger charge is 2.33. The molecule has 88 valence electrons. The van der Waals surface area contributed by atoms with E-state index in [9.17, 15) is 0 Å². The summed E-state index contributed by atoms with van der Waals surface area (Å²) in [7, 11) is 0.